The summed E-state index contributed by atoms with van der Waals surface area (Å²) in [5.41, 5.74) is 1.43. The second-order valence-corrected chi connectivity index (χ2v) is 5.04. The Morgan fingerprint density at radius 1 is 1.25 bits per heavy atom. The zero-order valence-electron chi connectivity index (χ0n) is 6.91. The summed E-state index contributed by atoms with van der Waals surface area (Å²) in [5.74, 6) is 0. The van der Waals surface area contributed by atoms with E-state index in [1.54, 1.807) is 0 Å². The van der Waals surface area contributed by atoms with Crippen molar-refractivity contribution in [2.45, 2.75) is 10.5 Å². The number of halogens is 1. The first-order chi connectivity index (χ1) is 5.84. The molecule has 0 radical (unpaired) electrons. The third-order valence-electron chi connectivity index (χ3n) is 2.16. The summed E-state index contributed by atoms with van der Waals surface area (Å²) in [5, 5.41) is 0. The fraction of sp³-hybridized carbons (Fsp3) is 0.400. The van der Waals surface area contributed by atoms with Gasteiger partial charge in [-0.1, -0.05) is 52.9 Å². The number of hydrogen-bond donors (Lipinski definition) is 0. The zero-order valence-corrected chi connectivity index (χ0v) is 9.07. The van der Waals surface area contributed by atoms with E-state index < -0.39 is 0 Å². The molecule has 0 aromatic heterocycles. The van der Waals surface area contributed by atoms with Crippen molar-refractivity contribution in [2.24, 2.45) is 0 Å². The maximum absolute atomic E-state index is 2.51. The third kappa shape index (κ3) is 1.98. The molecule has 1 aliphatic rings. The molecule has 12 heavy (non-hydrogen) atoms. The molecule has 64 valence electrons. The number of nitrogens with zero attached hydrogens (tertiary/aromatic N) is 1. The summed E-state index contributed by atoms with van der Waals surface area (Å²) in [6.45, 7) is 3.64. The molecule has 1 saturated heterocycles. The van der Waals surface area contributed by atoms with Gasteiger partial charge in [0, 0.05) is 23.6 Å². The molecule has 0 spiro atoms. The van der Waals surface area contributed by atoms with Crippen LogP contribution in [-0.2, 0) is 6.54 Å². The van der Waals surface area contributed by atoms with Crippen molar-refractivity contribution in [1.29, 1.82) is 0 Å². The molecule has 0 atom stereocenters. The van der Waals surface area contributed by atoms with Gasteiger partial charge in [0.25, 0.3) is 0 Å². The Morgan fingerprint density at radius 2 is 1.92 bits per heavy atom. The normalized spacial score (nSPS) is 19.1. The van der Waals surface area contributed by atoms with Crippen LogP contribution < -0.4 is 0 Å². The van der Waals surface area contributed by atoms with Gasteiger partial charge in [-0.15, -0.1) is 0 Å². The molecule has 2 heteroatoms. The summed E-state index contributed by atoms with van der Waals surface area (Å²) < 4.78 is 0.881. The molecule has 1 aliphatic heterocycles. The van der Waals surface area contributed by atoms with E-state index >= 15 is 0 Å². The highest BCUT2D eigenvalue weighted by molar-refractivity contribution is 14.1. The first kappa shape index (κ1) is 8.51. The Bertz CT molecular complexity index is 241. The lowest BCUT2D eigenvalue weighted by atomic mass is 10.1. The van der Waals surface area contributed by atoms with Gasteiger partial charge in [0.2, 0.25) is 0 Å². The molecule has 0 N–H and O–H groups in total. The second-order valence-electron chi connectivity index (χ2n) is 3.28. The van der Waals surface area contributed by atoms with E-state index in [1.165, 1.54) is 18.7 Å². The lowest BCUT2D eigenvalue weighted by Gasteiger charge is -2.35. The van der Waals surface area contributed by atoms with Crippen LogP contribution >= 0.6 is 22.6 Å². The minimum absolute atomic E-state index is 0.881. The molecule has 2 rings (SSSR count). The summed E-state index contributed by atoms with van der Waals surface area (Å²) in [6.07, 6.45) is 0. The van der Waals surface area contributed by atoms with Crippen molar-refractivity contribution in [2.75, 3.05) is 13.1 Å². The van der Waals surface area contributed by atoms with E-state index in [-0.39, 0.29) is 0 Å². The molecular weight excluding hydrogens is 261 g/mol. The van der Waals surface area contributed by atoms with E-state index in [0.29, 0.717) is 0 Å². The minimum atomic E-state index is 0.881. The Hall–Kier alpha value is -0.0900. The quantitative estimate of drug-likeness (QED) is 0.590. The predicted octanol–water partition coefficient (Wildman–Crippen LogP) is 2.31. The van der Waals surface area contributed by atoms with Crippen molar-refractivity contribution in [3.63, 3.8) is 0 Å². The molecule has 1 nitrogen and oxygen atoms in total. The molecule has 1 aromatic rings. The van der Waals surface area contributed by atoms with Crippen LogP contribution in [0, 0.1) is 0 Å². The Kier molecular flexibility index (Phi) is 2.66. The maximum atomic E-state index is 2.51. The number of hydrogen-bond acceptors (Lipinski definition) is 1. The predicted molar refractivity (Wildman–Crippen MR) is 59.5 cm³/mol. The Balaban J connectivity index is 1.88. The highest BCUT2D eigenvalue weighted by Crippen LogP contribution is 2.18. The van der Waals surface area contributed by atoms with Crippen LogP contribution in [0.5, 0.6) is 0 Å². The average molecular weight is 273 g/mol. The minimum Gasteiger partial charge on any atom is -0.297 e. The molecule has 1 aromatic carbocycles. The SMILES string of the molecule is IC1CN(Cc2ccccc2)C1. The van der Waals surface area contributed by atoms with Crippen molar-refractivity contribution in [3.05, 3.63) is 35.9 Å². The lowest BCUT2D eigenvalue weighted by molar-refractivity contribution is 0.189. The third-order valence-corrected chi connectivity index (χ3v) is 2.95. The lowest BCUT2D eigenvalue weighted by Crippen LogP contribution is -2.46. The van der Waals surface area contributed by atoms with Crippen LogP contribution in [0.2, 0.25) is 0 Å². The Labute approximate surface area is 86.9 Å². The van der Waals surface area contributed by atoms with Gasteiger partial charge < -0.3 is 0 Å². The molecule has 1 fully saturated rings. The van der Waals surface area contributed by atoms with Gasteiger partial charge in [-0.25, -0.2) is 0 Å². The molecular formula is C10H12IN. The van der Waals surface area contributed by atoms with Gasteiger partial charge in [0.15, 0.2) is 0 Å². The monoisotopic (exact) mass is 273 g/mol. The summed E-state index contributed by atoms with van der Waals surface area (Å²) >= 11 is 2.51. The van der Waals surface area contributed by atoms with Crippen LogP contribution in [-0.4, -0.2) is 21.9 Å². The van der Waals surface area contributed by atoms with Crippen molar-refractivity contribution < 1.29 is 0 Å². The van der Waals surface area contributed by atoms with Crippen molar-refractivity contribution in [3.8, 4) is 0 Å². The number of likely N-dealkylation sites (tertiary alicyclic amines) is 1. The van der Waals surface area contributed by atoms with Gasteiger partial charge in [-0.3, -0.25) is 4.90 Å². The fourth-order valence-electron chi connectivity index (χ4n) is 1.48. The smallest absolute Gasteiger partial charge is 0.0364 e. The standard InChI is InChI=1S/C10H12IN/c11-10-7-12(8-10)6-9-4-2-1-3-5-9/h1-5,10H,6-8H2. The molecule has 0 unspecified atom stereocenters. The molecule has 1 heterocycles. The van der Waals surface area contributed by atoms with E-state index in [2.05, 4.69) is 57.8 Å². The molecule has 0 amide bonds. The van der Waals surface area contributed by atoms with Gasteiger partial charge in [-0.05, 0) is 5.56 Å². The first-order valence-corrected chi connectivity index (χ1v) is 5.49. The van der Waals surface area contributed by atoms with Crippen molar-refractivity contribution >= 4 is 22.6 Å². The average Bonchev–Trinajstić information content (AvgIpc) is 2.04. The van der Waals surface area contributed by atoms with Gasteiger partial charge in [-0.2, -0.15) is 0 Å². The van der Waals surface area contributed by atoms with Gasteiger partial charge in [0.05, 0.1) is 0 Å². The largest absolute Gasteiger partial charge is 0.297 e. The topological polar surface area (TPSA) is 3.24 Å². The number of benzene rings is 1. The summed E-state index contributed by atoms with van der Waals surface area (Å²) in [4.78, 5) is 2.48. The molecule has 0 bridgehead atoms. The van der Waals surface area contributed by atoms with Crippen LogP contribution in [0.1, 0.15) is 5.56 Å². The highest BCUT2D eigenvalue weighted by atomic mass is 127. The van der Waals surface area contributed by atoms with E-state index in [9.17, 15) is 0 Å². The van der Waals surface area contributed by atoms with E-state index in [0.717, 1.165) is 10.5 Å². The maximum Gasteiger partial charge on any atom is 0.0364 e. The van der Waals surface area contributed by atoms with Crippen LogP contribution in [0.4, 0.5) is 0 Å². The van der Waals surface area contributed by atoms with Gasteiger partial charge >= 0.3 is 0 Å². The second kappa shape index (κ2) is 3.75. The van der Waals surface area contributed by atoms with Crippen LogP contribution in [0.3, 0.4) is 0 Å². The van der Waals surface area contributed by atoms with Gasteiger partial charge in [0.1, 0.15) is 0 Å². The summed E-state index contributed by atoms with van der Waals surface area (Å²) in [6, 6.07) is 10.7. The Morgan fingerprint density at radius 3 is 2.50 bits per heavy atom. The van der Waals surface area contributed by atoms with Crippen LogP contribution in [0.25, 0.3) is 0 Å². The molecule has 0 saturated carbocycles. The summed E-state index contributed by atoms with van der Waals surface area (Å²) in [7, 11) is 0. The van der Waals surface area contributed by atoms with Crippen molar-refractivity contribution in [1.82, 2.24) is 4.90 Å². The zero-order chi connectivity index (χ0) is 8.39. The first-order valence-electron chi connectivity index (χ1n) is 4.25. The van der Waals surface area contributed by atoms with E-state index in [1.807, 2.05) is 0 Å². The highest BCUT2D eigenvalue weighted by Gasteiger charge is 2.23. The number of alkyl halides is 1. The number of rotatable bonds is 2. The fourth-order valence-corrected chi connectivity index (χ4v) is 2.59. The molecule has 0 aliphatic carbocycles. The van der Waals surface area contributed by atoms with Crippen LogP contribution in [0.15, 0.2) is 30.3 Å². The van der Waals surface area contributed by atoms with E-state index in [4.69, 9.17) is 0 Å².